The van der Waals surface area contributed by atoms with E-state index in [1.165, 1.54) is 37.7 Å². The van der Waals surface area contributed by atoms with Crippen molar-refractivity contribution < 1.29 is 4.74 Å². The zero-order valence-electron chi connectivity index (χ0n) is 13.2. The van der Waals surface area contributed by atoms with Crippen molar-refractivity contribution in [3.05, 3.63) is 29.8 Å². The van der Waals surface area contributed by atoms with Crippen molar-refractivity contribution in [1.29, 1.82) is 0 Å². The first kappa shape index (κ1) is 15.4. The Hall–Kier alpha value is -1.02. The van der Waals surface area contributed by atoms with Gasteiger partial charge in [-0.3, -0.25) is 0 Å². The molecule has 112 valence electrons. The van der Waals surface area contributed by atoms with Crippen LogP contribution >= 0.6 is 0 Å². The number of likely N-dealkylation sites (N-methyl/N-ethyl adjacent to an activating group) is 1. The number of benzene rings is 1. The van der Waals surface area contributed by atoms with Gasteiger partial charge in [-0.25, -0.2) is 0 Å². The maximum Gasteiger partial charge on any atom is 0.119 e. The van der Waals surface area contributed by atoms with Gasteiger partial charge in [-0.15, -0.1) is 0 Å². The second-order valence-electron chi connectivity index (χ2n) is 6.03. The largest absolute Gasteiger partial charge is 0.489 e. The van der Waals surface area contributed by atoms with Gasteiger partial charge in [0.2, 0.25) is 0 Å². The van der Waals surface area contributed by atoms with Crippen LogP contribution in [0.5, 0.6) is 5.75 Å². The van der Waals surface area contributed by atoms with Crippen LogP contribution in [0.4, 0.5) is 0 Å². The van der Waals surface area contributed by atoms with E-state index in [1.54, 1.807) is 0 Å². The van der Waals surface area contributed by atoms with Crippen molar-refractivity contribution in [3.63, 3.8) is 0 Å². The second kappa shape index (κ2) is 7.68. The van der Waals surface area contributed by atoms with E-state index in [1.807, 2.05) is 0 Å². The predicted molar refractivity (Wildman–Crippen MR) is 85.3 cm³/mol. The van der Waals surface area contributed by atoms with E-state index in [2.05, 4.69) is 50.5 Å². The Balaban J connectivity index is 1.98. The lowest BCUT2D eigenvalue weighted by Gasteiger charge is -2.35. The highest BCUT2D eigenvalue weighted by Gasteiger charge is 2.30. The molecule has 1 N–H and O–H groups in total. The molecule has 3 unspecified atom stereocenters. The summed E-state index contributed by atoms with van der Waals surface area (Å²) in [5, 5.41) is 3.43. The molecular weight excluding hydrogens is 246 g/mol. The molecule has 2 heteroatoms. The van der Waals surface area contributed by atoms with Crippen LogP contribution in [0.2, 0.25) is 0 Å². The molecule has 0 saturated heterocycles. The highest BCUT2D eigenvalue weighted by molar-refractivity contribution is 5.27. The lowest BCUT2D eigenvalue weighted by Crippen LogP contribution is -2.45. The van der Waals surface area contributed by atoms with Crippen LogP contribution in [0.15, 0.2) is 24.3 Å². The van der Waals surface area contributed by atoms with Gasteiger partial charge in [-0.2, -0.15) is 0 Å². The minimum absolute atomic E-state index is 0.315. The smallest absolute Gasteiger partial charge is 0.119 e. The van der Waals surface area contributed by atoms with Gasteiger partial charge in [-0.1, -0.05) is 38.8 Å². The number of ether oxygens (including phenoxy) is 1. The lowest BCUT2D eigenvalue weighted by atomic mass is 9.82. The Kier molecular flexibility index (Phi) is 5.90. The predicted octanol–water partition coefficient (Wildman–Crippen LogP) is 4.18. The zero-order chi connectivity index (χ0) is 14.4. The first-order valence-electron chi connectivity index (χ1n) is 8.19. The monoisotopic (exact) mass is 275 g/mol. The van der Waals surface area contributed by atoms with Crippen molar-refractivity contribution in [3.8, 4) is 5.75 Å². The Labute approximate surface area is 123 Å². The molecule has 1 aliphatic carbocycles. The average molecular weight is 275 g/mol. The molecule has 0 spiro atoms. The maximum atomic E-state index is 6.26. The molecule has 0 aromatic heterocycles. The highest BCUT2D eigenvalue weighted by atomic mass is 16.5. The van der Waals surface area contributed by atoms with Crippen LogP contribution in [-0.2, 0) is 6.42 Å². The first-order chi connectivity index (χ1) is 9.76. The van der Waals surface area contributed by atoms with E-state index in [0.29, 0.717) is 12.1 Å². The summed E-state index contributed by atoms with van der Waals surface area (Å²) in [6.45, 7) is 4.51. The molecule has 3 atom stereocenters. The van der Waals surface area contributed by atoms with Crippen molar-refractivity contribution in [2.24, 2.45) is 5.92 Å². The van der Waals surface area contributed by atoms with Gasteiger partial charge in [0.25, 0.3) is 0 Å². The van der Waals surface area contributed by atoms with Crippen LogP contribution in [0.1, 0.15) is 51.5 Å². The molecule has 0 aliphatic heterocycles. The van der Waals surface area contributed by atoms with E-state index in [4.69, 9.17) is 4.74 Å². The number of hydrogen-bond donors (Lipinski definition) is 1. The summed E-state index contributed by atoms with van der Waals surface area (Å²) in [7, 11) is 2.05. The third-order valence-corrected chi connectivity index (χ3v) is 4.60. The van der Waals surface area contributed by atoms with E-state index in [-0.39, 0.29) is 0 Å². The van der Waals surface area contributed by atoms with Gasteiger partial charge < -0.3 is 10.1 Å². The minimum atomic E-state index is 0.315. The quantitative estimate of drug-likeness (QED) is 0.840. The molecule has 20 heavy (non-hydrogen) atoms. The third-order valence-electron chi connectivity index (χ3n) is 4.60. The number of nitrogens with one attached hydrogen (secondary N) is 1. The van der Waals surface area contributed by atoms with Crippen LogP contribution in [0, 0.1) is 5.92 Å². The molecule has 1 aromatic carbocycles. The summed E-state index contributed by atoms with van der Waals surface area (Å²) < 4.78 is 6.26. The van der Waals surface area contributed by atoms with Crippen molar-refractivity contribution in [1.82, 2.24) is 5.32 Å². The number of rotatable bonds is 6. The fourth-order valence-electron chi connectivity index (χ4n) is 3.24. The molecule has 1 aromatic rings. The van der Waals surface area contributed by atoms with Crippen LogP contribution in [0.3, 0.4) is 0 Å². The first-order valence-corrected chi connectivity index (χ1v) is 8.19. The van der Waals surface area contributed by atoms with Crippen LogP contribution < -0.4 is 10.1 Å². The molecule has 0 radical (unpaired) electrons. The molecule has 2 rings (SSSR count). The molecule has 0 amide bonds. The summed E-state index contributed by atoms with van der Waals surface area (Å²) in [6.07, 6.45) is 7.68. The Morgan fingerprint density at radius 1 is 1.15 bits per heavy atom. The van der Waals surface area contributed by atoms with Gasteiger partial charge in [0, 0.05) is 6.04 Å². The molecule has 1 fully saturated rings. The summed E-state index contributed by atoms with van der Waals surface area (Å²) in [5.74, 6) is 1.84. The molecule has 1 aliphatic rings. The lowest BCUT2D eigenvalue weighted by molar-refractivity contribution is 0.0883. The van der Waals surface area contributed by atoms with E-state index in [9.17, 15) is 0 Å². The van der Waals surface area contributed by atoms with Gasteiger partial charge >= 0.3 is 0 Å². The van der Waals surface area contributed by atoms with E-state index >= 15 is 0 Å². The second-order valence-corrected chi connectivity index (χ2v) is 6.03. The maximum absolute atomic E-state index is 6.26. The van der Waals surface area contributed by atoms with Crippen molar-refractivity contribution in [2.45, 2.75) is 64.5 Å². The van der Waals surface area contributed by atoms with Crippen molar-refractivity contribution in [2.75, 3.05) is 7.05 Å². The number of aryl methyl sites for hydroxylation is 1. The van der Waals surface area contributed by atoms with Gasteiger partial charge in [0.1, 0.15) is 11.9 Å². The molecule has 2 nitrogen and oxygen atoms in total. The molecule has 0 bridgehead atoms. The SMILES string of the molecule is CCCc1ccc(OC2CC(CC)CCC2NC)cc1. The summed E-state index contributed by atoms with van der Waals surface area (Å²) >= 11 is 0. The fourth-order valence-corrected chi connectivity index (χ4v) is 3.24. The van der Waals surface area contributed by atoms with E-state index in [0.717, 1.165) is 18.1 Å². The molecule has 1 saturated carbocycles. The Morgan fingerprint density at radius 2 is 1.90 bits per heavy atom. The van der Waals surface area contributed by atoms with Gasteiger partial charge in [0.05, 0.1) is 0 Å². The Bertz CT molecular complexity index is 387. The fraction of sp³-hybridized carbons (Fsp3) is 0.667. The normalized spacial score (nSPS) is 26.4. The molecular formula is C18H29NO. The zero-order valence-corrected chi connectivity index (χ0v) is 13.2. The van der Waals surface area contributed by atoms with E-state index < -0.39 is 0 Å². The molecule has 0 heterocycles. The average Bonchev–Trinajstić information content (AvgIpc) is 2.49. The standard InChI is InChI=1S/C18H29NO/c1-4-6-15-7-10-16(11-8-15)20-18-13-14(5-2)9-12-17(18)19-3/h7-8,10-11,14,17-19H,4-6,9,12-13H2,1-3H3. The highest BCUT2D eigenvalue weighted by Crippen LogP contribution is 2.30. The third kappa shape index (κ3) is 3.99. The summed E-state index contributed by atoms with van der Waals surface area (Å²) in [5.41, 5.74) is 1.40. The van der Waals surface area contributed by atoms with Crippen molar-refractivity contribution >= 4 is 0 Å². The Morgan fingerprint density at radius 3 is 2.50 bits per heavy atom. The van der Waals surface area contributed by atoms with Gasteiger partial charge in [-0.05, 0) is 56.3 Å². The number of hydrogen-bond acceptors (Lipinski definition) is 2. The summed E-state index contributed by atoms with van der Waals surface area (Å²) in [6, 6.07) is 9.16. The van der Waals surface area contributed by atoms with Gasteiger partial charge in [0.15, 0.2) is 0 Å². The van der Waals surface area contributed by atoms with Crippen LogP contribution in [0.25, 0.3) is 0 Å². The summed E-state index contributed by atoms with van der Waals surface area (Å²) in [4.78, 5) is 0. The topological polar surface area (TPSA) is 21.3 Å². The van der Waals surface area contributed by atoms with Crippen LogP contribution in [-0.4, -0.2) is 19.2 Å². The minimum Gasteiger partial charge on any atom is -0.489 e.